The molecule has 0 aliphatic rings. The van der Waals surface area contributed by atoms with E-state index in [1.54, 1.807) is 41.0 Å². The van der Waals surface area contributed by atoms with Crippen LogP contribution in [-0.4, -0.2) is 33.0 Å². The Bertz CT molecular complexity index is 1060. The highest BCUT2D eigenvalue weighted by atomic mass is 35.5. The second-order valence-electron chi connectivity index (χ2n) is 6.04. The zero-order valence-corrected chi connectivity index (χ0v) is 18.2. The first kappa shape index (κ1) is 23.1. The predicted octanol–water partition coefficient (Wildman–Crippen LogP) is 5.77. The van der Waals surface area contributed by atoms with Crippen LogP contribution in [0.3, 0.4) is 0 Å². The van der Waals surface area contributed by atoms with Gasteiger partial charge in [0, 0.05) is 12.1 Å². The third kappa shape index (κ3) is 5.96. The van der Waals surface area contributed by atoms with Crippen molar-refractivity contribution in [1.29, 1.82) is 0 Å². The maximum atomic E-state index is 12.4. The van der Waals surface area contributed by atoms with Gasteiger partial charge in [-0.2, -0.15) is 8.78 Å². The number of amides is 1. The van der Waals surface area contributed by atoms with Gasteiger partial charge < -0.3 is 10.1 Å². The maximum Gasteiger partial charge on any atom is 0.387 e. The number of nitrogens with zero attached hydrogens (tertiary/aromatic N) is 3. The normalized spacial score (nSPS) is 10.9. The van der Waals surface area contributed by atoms with Crippen molar-refractivity contribution < 1.29 is 18.3 Å². The van der Waals surface area contributed by atoms with Crippen molar-refractivity contribution in [1.82, 2.24) is 14.8 Å². The molecule has 0 radical (unpaired) electrons. The number of para-hydroxylation sites is 1. The van der Waals surface area contributed by atoms with Crippen LogP contribution in [0, 0.1) is 0 Å². The molecule has 0 aliphatic carbocycles. The molecule has 3 aromatic rings. The zero-order valence-electron chi connectivity index (χ0n) is 15.9. The first-order valence-corrected chi connectivity index (χ1v) is 10.6. The Labute approximate surface area is 191 Å². The number of allylic oxidation sites excluding steroid dienone is 1. The van der Waals surface area contributed by atoms with E-state index in [4.69, 9.17) is 23.2 Å². The standard InChI is InChI=1S/C20H16Cl2F2N4O2S/c1-2-10-28-18(12-6-8-13(9-7-12)30-19(23)24)26-27-20(28)31-11-16(29)25-17-14(21)4-3-5-15(17)22/h2-9,19H,1,10-11H2,(H,25,29). The van der Waals surface area contributed by atoms with E-state index in [2.05, 4.69) is 26.8 Å². The molecule has 0 unspecified atom stereocenters. The Morgan fingerprint density at radius 1 is 1.19 bits per heavy atom. The quantitative estimate of drug-likeness (QED) is 0.308. The van der Waals surface area contributed by atoms with Gasteiger partial charge in [-0.3, -0.25) is 9.36 Å². The number of anilines is 1. The molecule has 1 amide bonds. The summed E-state index contributed by atoms with van der Waals surface area (Å²) in [6, 6.07) is 11.0. The first-order valence-electron chi connectivity index (χ1n) is 8.85. The molecule has 31 heavy (non-hydrogen) atoms. The Kier molecular flexibility index (Phi) is 7.89. The number of carbonyl (C=O) groups excluding carboxylic acids is 1. The van der Waals surface area contributed by atoms with Crippen molar-refractivity contribution in [2.24, 2.45) is 0 Å². The summed E-state index contributed by atoms with van der Waals surface area (Å²) >= 11 is 13.3. The Morgan fingerprint density at radius 2 is 1.87 bits per heavy atom. The van der Waals surface area contributed by atoms with Crippen LogP contribution in [0.4, 0.5) is 14.5 Å². The Hall–Kier alpha value is -2.62. The SMILES string of the molecule is C=CCn1c(SCC(=O)Nc2c(Cl)cccc2Cl)nnc1-c1ccc(OC(F)F)cc1. The van der Waals surface area contributed by atoms with E-state index < -0.39 is 6.61 Å². The molecule has 1 heterocycles. The lowest BCUT2D eigenvalue weighted by Gasteiger charge is -2.10. The molecule has 0 saturated carbocycles. The molecule has 2 aromatic carbocycles. The van der Waals surface area contributed by atoms with Crippen molar-refractivity contribution in [3.63, 3.8) is 0 Å². The van der Waals surface area contributed by atoms with Crippen LogP contribution >= 0.6 is 35.0 Å². The molecule has 0 fully saturated rings. The third-order valence-corrected chi connectivity index (χ3v) is 5.52. The van der Waals surface area contributed by atoms with Gasteiger partial charge in [0.05, 0.1) is 21.5 Å². The first-order chi connectivity index (χ1) is 14.9. The minimum atomic E-state index is -2.90. The predicted molar refractivity (Wildman–Crippen MR) is 118 cm³/mol. The summed E-state index contributed by atoms with van der Waals surface area (Å²) < 4.78 is 30.8. The summed E-state index contributed by atoms with van der Waals surface area (Å²) in [7, 11) is 0. The topological polar surface area (TPSA) is 69.0 Å². The van der Waals surface area contributed by atoms with Crippen LogP contribution in [0.5, 0.6) is 5.75 Å². The highest BCUT2D eigenvalue weighted by Gasteiger charge is 2.16. The minimum Gasteiger partial charge on any atom is -0.435 e. The van der Waals surface area contributed by atoms with Gasteiger partial charge in [-0.15, -0.1) is 16.8 Å². The van der Waals surface area contributed by atoms with E-state index in [-0.39, 0.29) is 17.4 Å². The molecule has 162 valence electrons. The molecule has 0 spiro atoms. The number of hydrogen-bond acceptors (Lipinski definition) is 5. The molecular weight excluding hydrogens is 469 g/mol. The van der Waals surface area contributed by atoms with Crippen molar-refractivity contribution in [2.45, 2.75) is 18.3 Å². The lowest BCUT2D eigenvalue weighted by molar-refractivity contribution is -0.113. The summed E-state index contributed by atoms with van der Waals surface area (Å²) in [5.41, 5.74) is 0.992. The summed E-state index contributed by atoms with van der Waals surface area (Å²) in [6.07, 6.45) is 1.66. The van der Waals surface area contributed by atoms with Gasteiger partial charge in [-0.1, -0.05) is 47.1 Å². The Balaban J connectivity index is 1.73. The smallest absolute Gasteiger partial charge is 0.387 e. The van der Waals surface area contributed by atoms with E-state index in [9.17, 15) is 13.6 Å². The number of benzene rings is 2. The average molecular weight is 485 g/mol. The maximum absolute atomic E-state index is 12.4. The molecule has 6 nitrogen and oxygen atoms in total. The lowest BCUT2D eigenvalue weighted by Crippen LogP contribution is -2.15. The summed E-state index contributed by atoms with van der Waals surface area (Å²) in [5, 5.41) is 12.2. The molecule has 11 heteroatoms. The van der Waals surface area contributed by atoms with E-state index in [0.29, 0.717) is 38.8 Å². The number of thioether (sulfide) groups is 1. The van der Waals surface area contributed by atoms with Crippen molar-refractivity contribution >= 4 is 46.6 Å². The second-order valence-corrected chi connectivity index (χ2v) is 7.80. The van der Waals surface area contributed by atoms with Gasteiger partial charge >= 0.3 is 6.61 Å². The molecule has 0 aliphatic heterocycles. The zero-order chi connectivity index (χ0) is 22.4. The van der Waals surface area contributed by atoms with Crippen LogP contribution < -0.4 is 10.1 Å². The van der Waals surface area contributed by atoms with E-state index in [1.165, 1.54) is 23.9 Å². The van der Waals surface area contributed by atoms with Crippen LogP contribution in [-0.2, 0) is 11.3 Å². The fourth-order valence-corrected chi connectivity index (χ4v) is 3.85. The molecule has 0 saturated heterocycles. The largest absolute Gasteiger partial charge is 0.435 e. The Morgan fingerprint density at radius 3 is 2.48 bits per heavy atom. The highest BCUT2D eigenvalue weighted by Crippen LogP contribution is 2.30. The average Bonchev–Trinajstić information content (AvgIpc) is 3.12. The highest BCUT2D eigenvalue weighted by molar-refractivity contribution is 7.99. The number of nitrogens with one attached hydrogen (secondary N) is 1. The monoisotopic (exact) mass is 484 g/mol. The van der Waals surface area contributed by atoms with Gasteiger partial charge in [-0.05, 0) is 36.4 Å². The van der Waals surface area contributed by atoms with Crippen molar-refractivity contribution in [3.05, 3.63) is 65.2 Å². The number of hydrogen-bond donors (Lipinski definition) is 1. The molecule has 1 N–H and O–H groups in total. The van der Waals surface area contributed by atoms with Gasteiger partial charge in [0.2, 0.25) is 5.91 Å². The molecule has 3 rings (SSSR count). The number of aromatic nitrogens is 3. The number of carbonyl (C=O) groups is 1. The van der Waals surface area contributed by atoms with Gasteiger partial charge in [0.25, 0.3) is 0 Å². The third-order valence-electron chi connectivity index (χ3n) is 3.93. The van der Waals surface area contributed by atoms with E-state index in [0.717, 1.165) is 0 Å². The van der Waals surface area contributed by atoms with Crippen LogP contribution in [0.2, 0.25) is 10.0 Å². The van der Waals surface area contributed by atoms with E-state index >= 15 is 0 Å². The minimum absolute atomic E-state index is 0.0397. The van der Waals surface area contributed by atoms with Crippen molar-refractivity contribution in [2.75, 3.05) is 11.1 Å². The van der Waals surface area contributed by atoms with Gasteiger partial charge in [0.15, 0.2) is 11.0 Å². The lowest BCUT2D eigenvalue weighted by atomic mass is 10.2. The summed E-state index contributed by atoms with van der Waals surface area (Å²) in [5.74, 6) is 0.264. The summed E-state index contributed by atoms with van der Waals surface area (Å²) in [4.78, 5) is 12.4. The summed E-state index contributed by atoms with van der Waals surface area (Å²) in [6.45, 7) is 1.22. The van der Waals surface area contributed by atoms with Gasteiger partial charge in [0.1, 0.15) is 5.75 Å². The fourth-order valence-electron chi connectivity index (χ4n) is 2.61. The molecule has 1 aromatic heterocycles. The molecular formula is C20H16Cl2F2N4O2S. The molecule has 0 atom stereocenters. The van der Waals surface area contributed by atoms with Crippen LogP contribution in [0.15, 0.2) is 60.3 Å². The van der Waals surface area contributed by atoms with Crippen LogP contribution in [0.1, 0.15) is 0 Å². The van der Waals surface area contributed by atoms with E-state index in [1.807, 2.05) is 0 Å². The number of halogens is 4. The number of alkyl halides is 2. The van der Waals surface area contributed by atoms with Crippen LogP contribution in [0.25, 0.3) is 11.4 Å². The fraction of sp³-hybridized carbons (Fsp3) is 0.150. The second kappa shape index (κ2) is 10.6. The number of rotatable bonds is 9. The molecule has 0 bridgehead atoms. The van der Waals surface area contributed by atoms with Crippen molar-refractivity contribution in [3.8, 4) is 17.1 Å². The van der Waals surface area contributed by atoms with Gasteiger partial charge in [-0.25, -0.2) is 0 Å². The number of ether oxygens (including phenoxy) is 1.